The Hall–Kier alpha value is -4.22. The highest BCUT2D eigenvalue weighted by atomic mass is 32.2. The number of anilines is 1. The molecule has 0 saturated carbocycles. The van der Waals surface area contributed by atoms with Crippen molar-refractivity contribution in [2.24, 2.45) is 11.8 Å². The van der Waals surface area contributed by atoms with Crippen molar-refractivity contribution in [3.63, 3.8) is 0 Å². The van der Waals surface area contributed by atoms with E-state index in [2.05, 4.69) is 5.32 Å². The third-order valence-electron chi connectivity index (χ3n) is 9.82. The molecule has 2 aliphatic heterocycles. The summed E-state index contributed by atoms with van der Waals surface area (Å²) in [7, 11) is -4.80. The van der Waals surface area contributed by atoms with Crippen LogP contribution in [0.4, 0.5) is 10.5 Å². The zero-order valence-electron chi connectivity index (χ0n) is 34.3. The smallest absolute Gasteiger partial charge is 0.407 e. The minimum Gasteiger partial charge on any atom is -0.497 e. The lowest BCUT2D eigenvalue weighted by Gasteiger charge is -2.33. The number of carbonyl (C=O) groups is 2. The third-order valence-corrected chi connectivity index (χ3v) is 13.5. The summed E-state index contributed by atoms with van der Waals surface area (Å²) < 4.78 is 82.1. The van der Waals surface area contributed by atoms with E-state index < -0.39 is 60.3 Å². The van der Waals surface area contributed by atoms with Crippen LogP contribution in [0.5, 0.6) is 11.5 Å². The zero-order valence-corrected chi connectivity index (χ0v) is 36.0. The molecule has 2 aliphatic rings. The maximum Gasteiger partial charge on any atom is 0.407 e. The number of rotatable bonds is 21. The number of amides is 1. The predicted octanol–water partition coefficient (Wildman–Crippen LogP) is 5.44. The average Bonchev–Trinajstić information content (AvgIpc) is 3.83. The van der Waals surface area contributed by atoms with Crippen LogP contribution in [0.1, 0.15) is 39.7 Å². The monoisotopic (exact) mass is 861 g/mol. The molecule has 0 aliphatic carbocycles. The molecule has 0 radical (unpaired) electrons. The molecule has 7 atom stereocenters. The van der Waals surface area contributed by atoms with Gasteiger partial charge in [0.05, 0.1) is 56.1 Å². The van der Waals surface area contributed by atoms with Gasteiger partial charge in [-0.25, -0.2) is 22.6 Å². The highest BCUT2D eigenvalue weighted by Crippen LogP contribution is 2.52. The van der Waals surface area contributed by atoms with Crippen molar-refractivity contribution in [2.75, 3.05) is 58.5 Å². The van der Waals surface area contributed by atoms with Gasteiger partial charge in [0.2, 0.25) is 10.0 Å². The number of methoxy groups -OCH3 is 1. The standard InChI is InChI=1S/C41H56N3O13PS/c1-7-52-39(46)29(4)56-58(48,57-33-11-9-8-10-12-33)27-30-13-15-31(16-14-30)43(5)24-36(42-41(47)55-38-26-54-40-35(38)21-22-53-40)37(45)25-44(23-28(2)3)59(49,50)34-19-17-32(51-6)18-20-34/h8-20,28-29,35-38,40,45H,7,21-27H2,1-6H3,(H,42,47)/t29-,35-,36-,37+,38-,40+,58?/m0/s1. The molecule has 1 unspecified atom stereocenters. The molecule has 324 valence electrons. The number of ether oxygens (including phenoxy) is 5. The van der Waals surface area contributed by atoms with Gasteiger partial charge in [-0.15, -0.1) is 0 Å². The number of esters is 1. The van der Waals surface area contributed by atoms with Gasteiger partial charge in [0.25, 0.3) is 0 Å². The van der Waals surface area contributed by atoms with Crippen molar-refractivity contribution in [1.29, 1.82) is 0 Å². The number of hydrogen-bond acceptors (Lipinski definition) is 14. The summed E-state index contributed by atoms with van der Waals surface area (Å²) in [6.07, 6.45) is -3.83. The van der Waals surface area contributed by atoms with Crippen molar-refractivity contribution in [1.82, 2.24) is 9.62 Å². The summed E-state index contributed by atoms with van der Waals surface area (Å²) >= 11 is 0. The van der Waals surface area contributed by atoms with E-state index in [-0.39, 0.29) is 55.7 Å². The Bertz CT molecular complexity index is 1970. The number of hydrogen-bond donors (Lipinski definition) is 2. The number of fused-ring (bicyclic) bond motifs is 1. The molecule has 5 rings (SSSR count). The number of alkyl carbamates (subject to hydrolysis) is 1. The fourth-order valence-electron chi connectivity index (χ4n) is 6.80. The molecule has 2 heterocycles. The van der Waals surface area contributed by atoms with Crippen molar-refractivity contribution in [2.45, 2.75) is 75.8 Å². The maximum atomic E-state index is 14.1. The van der Waals surface area contributed by atoms with Gasteiger partial charge in [-0.1, -0.05) is 44.2 Å². The molecule has 18 heteroatoms. The first-order valence-electron chi connectivity index (χ1n) is 19.6. The first kappa shape index (κ1) is 45.9. The van der Waals surface area contributed by atoms with Crippen LogP contribution in [0, 0.1) is 11.8 Å². The quantitative estimate of drug-likeness (QED) is 0.102. The minimum absolute atomic E-state index is 0.0276. The lowest BCUT2D eigenvalue weighted by molar-refractivity contribution is -0.150. The molecule has 2 saturated heterocycles. The molecule has 1 amide bonds. The average molecular weight is 862 g/mol. The fraction of sp³-hybridized carbons (Fsp3) is 0.512. The molecule has 59 heavy (non-hydrogen) atoms. The van der Waals surface area contributed by atoms with Crippen molar-refractivity contribution in [3.8, 4) is 11.5 Å². The van der Waals surface area contributed by atoms with E-state index in [1.165, 1.54) is 30.5 Å². The lowest BCUT2D eigenvalue weighted by atomic mass is 10.0. The molecule has 0 spiro atoms. The van der Waals surface area contributed by atoms with Gasteiger partial charge in [-0.05, 0) is 80.3 Å². The van der Waals surface area contributed by atoms with Crippen molar-refractivity contribution < 1.29 is 60.4 Å². The van der Waals surface area contributed by atoms with Crippen LogP contribution in [0.15, 0.2) is 83.8 Å². The van der Waals surface area contributed by atoms with E-state index in [0.717, 1.165) is 0 Å². The summed E-state index contributed by atoms with van der Waals surface area (Å²) in [6, 6.07) is 20.4. The van der Waals surface area contributed by atoms with Crippen LogP contribution in [0.25, 0.3) is 0 Å². The number of benzene rings is 3. The number of nitrogens with zero attached hydrogens (tertiary/aromatic N) is 2. The van der Waals surface area contributed by atoms with Gasteiger partial charge in [0.1, 0.15) is 17.6 Å². The van der Waals surface area contributed by atoms with Gasteiger partial charge in [-0.2, -0.15) is 4.31 Å². The normalized spacial score (nSPS) is 20.3. The molecular weight excluding hydrogens is 805 g/mol. The summed E-state index contributed by atoms with van der Waals surface area (Å²) in [5.41, 5.74) is 1.23. The molecule has 16 nitrogen and oxygen atoms in total. The number of carbonyl (C=O) groups excluding carboxylic acids is 2. The lowest BCUT2D eigenvalue weighted by Crippen LogP contribution is -2.54. The number of sulfonamides is 1. The van der Waals surface area contributed by atoms with E-state index in [1.807, 2.05) is 13.8 Å². The first-order chi connectivity index (χ1) is 28.1. The second-order valence-electron chi connectivity index (χ2n) is 14.9. The highest BCUT2D eigenvalue weighted by Gasteiger charge is 2.44. The van der Waals surface area contributed by atoms with Crippen LogP contribution >= 0.6 is 7.60 Å². The Morgan fingerprint density at radius 2 is 1.64 bits per heavy atom. The molecule has 2 N–H and O–H groups in total. The van der Waals surface area contributed by atoms with E-state index in [1.54, 1.807) is 85.6 Å². The van der Waals surface area contributed by atoms with E-state index in [4.69, 9.17) is 32.7 Å². The summed E-state index contributed by atoms with van der Waals surface area (Å²) in [6.45, 7) is 7.44. The Kier molecular flexibility index (Phi) is 16.2. The molecule has 3 aromatic rings. The van der Waals surface area contributed by atoms with Gasteiger partial charge < -0.3 is 43.5 Å². The van der Waals surface area contributed by atoms with Crippen molar-refractivity contribution >= 4 is 35.4 Å². The largest absolute Gasteiger partial charge is 0.497 e. The fourth-order valence-corrected chi connectivity index (χ4v) is 10.3. The molecular formula is C41H56N3O13PS. The van der Waals surface area contributed by atoms with Crippen LogP contribution in [0.2, 0.25) is 0 Å². The van der Waals surface area contributed by atoms with Crippen molar-refractivity contribution in [3.05, 3.63) is 84.4 Å². The van der Waals surface area contributed by atoms with E-state index >= 15 is 0 Å². The second-order valence-corrected chi connectivity index (χ2v) is 18.8. The SMILES string of the molecule is CCOC(=O)[C@H](C)OP(=O)(Cc1ccc(N(C)C[C@H](NC(=O)O[C@H]2CO[C@H]3OCC[C@H]32)[C@H](O)CN(CC(C)C)S(=O)(=O)c2ccc(OC)cc2)cc1)Oc1ccccc1. The van der Waals surface area contributed by atoms with Crippen LogP contribution in [0.3, 0.4) is 0 Å². The van der Waals surface area contributed by atoms with Gasteiger partial charge in [-0.3, -0.25) is 4.52 Å². The summed E-state index contributed by atoms with van der Waals surface area (Å²) in [5.74, 6) is -0.0838. The topological polar surface area (TPSA) is 189 Å². The third kappa shape index (κ3) is 12.6. The Balaban J connectivity index is 1.35. The Labute approximate surface area is 346 Å². The van der Waals surface area contributed by atoms with Gasteiger partial charge in [0.15, 0.2) is 12.4 Å². The van der Waals surface area contributed by atoms with Gasteiger partial charge in [0, 0.05) is 32.4 Å². The highest BCUT2D eigenvalue weighted by molar-refractivity contribution is 7.89. The van der Waals surface area contributed by atoms with Crippen LogP contribution < -0.4 is 19.5 Å². The number of aliphatic hydroxyl groups is 1. The summed E-state index contributed by atoms with van der Waals surface area (Å²) in [4.78, 5) is 27.6. The Morgan fingerprint density at radius 3 is 2.29 bits per heavy atom. The molecule has 3 aromatic carbocycles. The second kappa shape index (κ2) is 20.8. The molecule has 2 fully saturated rings. The number of para-hydroxylation sites is 1. The zero-order chi connectivity index (χ0) is 42.7. The van der Waals surface area contributed by atoms with Gasteiger partial charge >= 0.3 is 19.7 Å². The van der Waals surface area contributed by atoms with Crippen LogP contribution in [-0.4, -0.2) is 114 Å². The minimum atomic E-state index is -4.08. The number of likely N-dealkylation sites (N-methyl/N-ethyl adjacent to an activating group) is 1. The Morgan fingerprint density at radius 1 is 0.949 bits per heavy atom. The van der Waals surface area contributed by atoms with E-state index in [0.29, 0.717) is 35.8 Å². The summed E-state index contributed by atoms with van der Waals surface area (Å²) in [5, 5.41) is 14.6. The number of aliphatic hydroxyl groups excluding tert-OH is 1. The predicted molar refractivity (Wildman–Crippen MR) is 219 cm³/mol. The molecule has 0 bridgehead atoms. The number of nitrogens with one attached hydrogen (secondary N) is 1. The maximum absolute atomic E-state index is 14.1. The van der Waals surface area contributed by atoms with Crippen LogP contribution in [-0.2, 0) is 49.0 Å². The van der Waals surface area contributed by atoms with E-state index in [9.17, 15) is 27.7 Å². The first-order valence-corrected chi connectivity index (χ1v) is 22.8. The molecule has 0 aromatic heterocycles.